The highest BCUT2D eigenvalue weighted by molar-refractivity contribution is 6.02. The Morgan fingerprint density at radius 1 is 0.850 bits per heavy atom. The second-order valence-electron chi connectivity index (χ2n) is 15.8. The van der Waals surface area contributed by atoms with Gasteiger partial charge >= 0.3 is 24.5 Å². The molecule has 3 aromatic carbocycles. The van der Waals surface area contributed by atoms with Crippen molar-refractivity contribution in [3.05, 3.63) is 81.6 Å². The molecule has 4 aromatic rings. The van der Waals surface area contributed by atoms with Crippen LogP contribution in [0.3, 0.4) is 0 Å². The molecule has 1 aromatic heterocycles. The average Bonchev–Trinajstić information content (AvgIpc) is 3.27. The van der Waals surface area contributed by atoms with E-state index in [0.29, 0.717) is 10.5 Å². The molecule has 6 rings (SSSR count). The zero-order valence-electron chi connectivity index (χ0n) is 32.3. The number of benzene rings is 3. The van der Waals surface area contributed by atoms with Crippen LogP contribution < -0.4 is 10.9 Å². The number of rotatable bonds is 9. The second-order valence-corrected chi connectivity index (χ2v) is 15.8. The van der Waals surface area contributed by atoms with Gasteiger partial charge in [0.1, 0.15) is 11.5 Å². The molecule has 326 valence electrons. The molecule has 1 unspecified atom stereocenters. The van der Waals surface area contributed by atoms with Crippen LogP contribution in [0.1, 0.15) is 49.3 Å². The number of carboxylic acid groups (broad SMARTS) is 1. The third-order valence-electron chi connectivity index (χ3n) is 11.9. The Morgan fingerprint density at radius 2 is 1.48 bits per heavy atom. The molecule has 2 atom stereocenters. The molecule has 2 saturated heterocycles. The normalized spacial score (nSPS) is 19.9. The molecule has 1 amide bonds. The summed E-state index contributed by atoms with van der Waals surface area (Å²) in [5.74, 6) is -7.28. The van der Waals surface area contributed by atoms with Gasteiger partial charge in [0.2, 0.25) is 5.91 Å². The van der Waals surface area contributed by atoms with Gasteiger partial charge in [0.05, 0.1) is 23.2 Å². The molecule has 0 bridgehead atoms. The van der Waals surface area contributed by atoms with Crippen molar-refractivity contribution in [3.63, 3.8) is 0 Å². The molecular formula is C41H41F11N4O4. The molecular weight excluding hydrogens is 821 g/mol. The number of carbonyl (C=O) groups is 2. The average molecular weight is 863 g/mol. The van der Waals surface area contributed by atoms with Crippen LogP contribution in [-0.2, 0) is 35.8 Å². The Bertz CT molecular complexity index is 2330. The minimum Gasteiger partial charge on any atom is -0.480 e. The Labute approximate surface area is 335 Å². The van der Waals surface area contributed by atoms with Crippen molar-refractivity contribution >= 4 is 33.6 Å². The molecule has 0 aliphatic carbocycles. The standard InChI is InChI=1S/C41H41F11N4O4/c1-23-11-15-55(18-14-38(23,42)43)21-24-9-10-31-29(19-24)33(40(47,48)49)32(34(57)54(31)2)28-8-4-6-26-25(5-3-7-27(26)28)20-30(35(58)59)53-36(60)37(41(50,51)52)12-16-56(17-13-37)22-39(44,45)46/h3-10,19,23,30H,11-18,20-22H2,1-2H3,(H,53,60)(H,58,59)/t23?,30-/m0/s1. The summed E-state index contributed by atoms with van der Waals surface area (Å²) in [5.41, 5.74) is -6.03. The lowest BCUT2D eigenvalue weighted by atomic mass is 9.76. The molecule has 0 spiro atoms. The quantitative estimate of drug-likeness (QED) is 0.164. The summed E-state index contributed by atoms with van der Waals surface area (Å²) >= 11 is 0. The van der Waals surface area contributed by atoms with Gasteiger partial charge in [-0.3, -0.25) is 19.4 Å². The lowest BCUT2D eigenvalue weighted by molar-refractivity contribution is -0.236. The van der Waals surface area contributed by atoms with Gasteiger partial charge in [-0.1, -0.05) is 49.4 Å². The van der Waals surface area contributed by atoms with Gasteiger partial charge in [-0.15, -0.1) is 0 Å². The fourth-order valence-corrected chi connectivity index (χ4v) is 8.38. The molecule has 2 N–H and O–H groups in total. The third-order valence-corrected chi connectivity index (χ3v) is 11.9. The van der Waals surface area contributed by atoms with E-state index in [1.54, 1.807) is 4.90 Å². The molecule has 2 aliphatic rings. The predicted molar refractivity (Wildman–Crippen MR) is 199 cm³/mol. The largest absolute Gasteiger partial charge is 0.480 e. The lowest BCUT2D eigenvalue weighted by Crippen LogP contribution is -2.59. The number of fused-ring (bicyclic) bond motifs is 2. The van der Waals surface area contributed by atoms with E-state index in [0.717, 1.165) is 4.57 Å². The number of nitrogens with zero attached hydrogens (tertiary/aromatic N) is 3. The number of piperidine rings is 1. The Hall–Kier alpha value is -4.78. The molecule has 0 radical (unpaired) electrons. The van der Waals surface area contributed by atoms with Gasteiger partial charge in [0, 0.05) is 44.3 Å². The Balaban J connectivity index is 1.37. The van der Waals surface area contributed by atoms with Crippen molar-refractivity contribution in [3.8, 4) is 11.1 Å². The Kier molecular flexibility index (Phi) is 12.1. The van der Waals surface area contributed by atoms with Crippen LogP contribution in [0, 0.1) is 11.3 Å². The van der Waals surface area contributed by atoms with Crippen molar-refractivity contribution in [2.75, 3.05) is 32.7 Å². The van der Waals surface area contributed by atoms with E-state index in [-0.39, 0.29) is 58.9 Å². The SMILES string of the molecule is CC1CCN(Cc2ccc3c(c2)c(C(F)(F)F)c(-c2cccc4c(C[C@H](NC(=O)C5(C(F)(F)F)CCN(CC(F)(F)F)CC5)C(=O)O)cccc24)c(=O)n3C)CCC1(F)F. The first-order valence-electron chi connectivity index (χ1n) is 19.1. The van der Waals surface area contributed by atoms with E-state index in [9.17, 15) is 54.6 Å². The number of nitrogens with one attached hydrogen (secondary N) is 1. The maximum absolute atomic E-state index is 15.3. The summed E-state index contributed by atoms with van der Waals surface area (Å²) in [7, 11) is 1.29. The highest BCUT2D eigenvalue weighted by Gasteiger charge is 2.61. The molecule has 0 saturated carbocycles. The minimum absolute atomic E-state index is 0.0120. The van der Waals surface area contributed by atoms with E-state index >= 15 is 13.2 Å². The van der Waals surface area contributed by atoms with Crippen LogP contribution in [0.4, 0.5) is 48.3 Å². The van der Waals surface area contributed by atoms with Crippen LogP contribution in [0.25, 0.3) is 32.8 Å². The van der Waals surface area contributed by atoms with E-state index < -0.39 is 116 Å². The van der Waals surface area contributed by atoms with Crippen molar-refractivity contribution in [2.24, 2.45) is 18.4 Å². The summed E-state index contributed by atoms with van der Waals surface area (Å²) in [4.78, 5) is 42.2. The number of aromatic nitrogens is 1. The van der Waals surface area contributed by atoms with Crippen LogP contribution in [0.15, 0.2) is 59.4 Å². The maximum Gasteiger partial charge on any atom is 0.417 e. The van der Waals surface area contributed by atoms with Gasteiger partial charge in [0.25, 0.3) is 11.5 Å². The second kappa shape index (κ2) is 16.2. The smallest absolute Gasteiger partial charge is 0.417 e. The number of hydrogen-bond donors (Lipinski definition) is 2. The maximum atomic E-state index is 15.3. The van der Waals surface area contributed by atoms with Crippen molar-refractivity contribution in [2.45, 2.75) is 76.1 Å². The molecule has 19 heteroatoms. The van der Waals surface area contributed by atoms with Crippen molar-refractivity contribution in [1.29, 1.82) is 0 Å². The number of hydrogen-bond acceptors (Lipinski definition) is 5. The zero-order valence-corrected chi connectivity index (χ0v) is 32.3. The number of likely N-dealkylation sites (tertiary alicyclic amines) is 2. The van der Waals surface area contributed by atoms with E-state index in [2.05, 4.69) is 0 Å². The van der Waals surface area contributed by atoms with Crippen LogP contribution in [0.5, 0.6) is 0 Å². The highest BCUT2D eigenvalue weighted by Crippen LogP contribution is 2.47. The first kappa shape index (κ1) is 44.8. The summed E-state index contributed by atoms with van der Waals surface area (Å²) in [6.07, 6.45) is -18.1. The van der Waals surface area contributed by atoms with Gasteiger partial charge in [0.15, 0.2) is 0 Å². The van der Waals surface area contributed by atoms with Gasteiger partial charge in [-0.05, 0) is 78.5 Å². The summed E-state index contributed by atoms with van der Waals surface area (Å²) < 4.78 is 158. The zero-order chi connectivity index (χ0) is 44.2. The molecule has 2 aliphatic heterocycles. The molecule has 3 heterocycles. The fraction of sp³-hybridized carbons (Fsp3) is 0.488. The van der Waals surface area contributed by atoms with E-state index in [4.69, 9.17) is 0 Å². The summed E-state index contributed by atoms with van der Waals surface area (Å²) in [6, 6.07) is 10.2. The number of alkyl halides is 11. The molecule has 60 heavy (non-hydrogen) atoms. The third kappa shape index (κ3) is 8.97. The van der Waals surface area contributed by atoms with Crippen molar-refractivity contribution < 1.29 is 63.0 Å². The van der Waals surface area contributed by atoms with Gasteiger partial charge in [-0.25, -0.2) is 13.6 Å². The fourth-order valence-electron chi connectivity index (χ4n) is 8.38. The summed E-state index contributed by atoms with van der Waals surface area (Å²) in [6.45, 7) is -1.17. The topological polar surface area (TPSA) is 94.9 Å². The van der Waals surface area contributed by atoms with Gasteiger partial charge < -0.3 is 15.0 Å². The lowest BCUT2D eigenvalue weighted by Gasteiger charge is -2.42. The molecule has 2 fully saturated rings. The number of carboxylic acids is 1. The van der Waals surface area contributed by atoms with E-state index in [1.165, 1.54) is 68.6 Å². The van der Waals surface area contributed by atoms with Crippen LogP contribution in [-0.4, -0.2) is 88.4 Å². The van der Waals surface area contributed by atoms with E-state index in [1.807, 2.05) is 5.32 Å². The van der Waals surface area contributed by atoms with Crippen molar-refractivity contribution in [1.82, 2.24) is 19.7 Å². The van der Waals surface area contributed by atoms with Crippen LogP contribution in [0.2, 0.25) is 0 Å². The minimum atomic E-state index is -5.26. The monoisotopic (exact) mass is 862 g/mol. The first-order valence-corrected chi connectivity index (χ1v) is 19.1. The number of aryl methyl sites for hydroxylation is 1. The van der Waals surface area contributed by atoms with Crippen LogP contribution >= 0.6 is 0 Å². The molecule has 8 nitrogen and oxygen atoms in total. The number of halogens is 11. The number of aliphatic carboxylic acids is 1. The first-order chi connectivity index (χ1) is 27.8. The highest BCUT2D eigenvalue weighted by atomic mass is 19.4. The van der Waals surface area contributed by atoms with Gasteiger partial charge in [-0.2, -0.15) is 39.5 Å². The summed E-state index contributed by atoms with van der Waals surface area (Å²) in [5, 5.41) is 11.8. The predicted octanol–water partition coefficient (Wildman–Crippen LogP) is 8.56. The number of pyridine rings is 1. The number of amides is 1. The Morgan fingerprint density at radius 3 is 2.10 bits per heavy atom. The number of carbonyl (C=O) groups excluding carboxylic acids is 1.